The molecule has 0 fully saturated rings. The van der Waals surface area contributed by atoms with E-state index in [9.17, 15) is 4.79 Å². The molecule has 8 heteroatoms. The summed E-state index contributed by atoms with van der Waals surface area (Å²) in [4.78, 5) is 25.5. The van der Waals surface area contributed by atoms with Gasteiger partial charge in [0.25, 0.3) is 5.91 Å². The molecule has 1 amide bonds. The molecule has 0 saturated carbocycles. The van der Waals surface area contributed by atoms with Gasteiger partial charge < -0.3 is 14.8 Å². The van der Waals surface area contributed by atoms with E-state index in [2.05, 4.69) is 50.9 Å². The van der Waals surface area contributed by atoms with E-state index in [1.54, 1.807) is 20.2 Å². The fourth-order valence-corrected chi connectivity index (χ4v) is 5.55. The highest BCUT2D eigenvalue weighted by Gasteiger charge is 2.25. The third-order valence-electron chi connectivity index (χ3n) is 7.77. The first-order valence-electron chi connectivity index (χ1n) is 13.2. The molecule has 7 nitrogen and oxygen atoms in total. The van der Waals surface area contributed by atoms with Crippen LogP contribution in [-0.2, 0) is 7.05 Å². The predicted molar refractivity (Wildman–Crippen MR) is 155 cm³/mol. The highest BCUT2D eigenvalue weighted by Crippen LogP contribution is 2.35. The van der Waals surface area contributed by atoms with Crippen molar-refractivity contribution in [3.05, 3.63) is 83.1 Å². The van der Waals surface area contributed by atoms with Crippen LogP contribution in [0.1, 0.15) is 46.6 Å². The number of aryl methyl sites for hydroxylation is 2. The molecule has 1 atom stereocenters. The minimum atomic E-state index is -0.336. The van der Waals surface area contributed by atoms with E-state index in [4.69, 9.17) is 0 Å². The Hall–Kier alpha value is -4.04. The molecule has 0 radical (unpaired) electrons. The first-order valence-corrected chi connectivity index (χ1v) is 13.2. The number of benzene rings is 1. The minimum absolute atomic E-state index is 0.139. The van der Waals surface area contributed by atoms with Crippen molar-refractivity contribution in [3.8, 4) is 11.3 Å². The molecule has 202 valence electrons. The van der Waals surface area contributed by atoms with Crippen LogP contribution in [0.3, 0.4) is 0 Å². The number of halogens is 1. The summed E-state index contributed by atoms with van der Waals surface area (Å²) in [5.41, 5.74) is 7.81. The second kappa shape index (κ2) is 10.6. The number of hydrogen-bond acceptors (Lipinski definition) is 5. The first-order chi connectivity index (χ1) is 18.7. The van der Waals surface area contributed by atoms with E-state index >= 15 is 4.39 Å². The molecule has 0 saturated heterocycles. The molecule has 0 unspecified atom stereocenters. The van der Waals surface area contributed by atoms with Gasteiger partial charge in [0.05, 0.1) is 17.6 Å². The van der Waals surface area contributed by atoms with Crippen molar-refractivity contribution in [3.63, 3.8) is 0 Å². The number of amides is 1. The van der Waals surface area contributed by atoms with Gasteiger partial charge in [-0.25, -0.2) is 9.37 Å². The smallest absolute Gasteiger partial charge is 0.253 e. The van der Waals surface area contributed by atoms with Crippen molar-refractivity contribution in [1.29, 1.82) is 0 Å². The molecule has 3 aromatic heterocycles. The molecule has 1 aromatic carbocycles. The molecular weight excluding hydrogens is 491 g/mol. The first kappa shape index (κ1) is 26.6. The summed E-state index contributed by atoms with van der Waals surface area (Å²) in [7, 11) is 7.29. The van der Waals surface area contributed by atoms with Crippen LogP contribution in [0.15, 0.2) is 54.9 Å². The van der Waals surface area contributed by atoms with Crippen LogP contribution in [0.4, 0.5) is 10.1 Å². The Kier molecular flexibility index (Phi) is 7.23. The number of rotatable bonds is 6. The lowest BCUT2D eigenvalue weighted by atomic mass is 9.92. The number of aromatic nitrogens is 3. The molecule has 5 rings (SSSR count). The van der Waals surface area contributed by atoms with E-state index < -0.39 is 0 Å². The number of fused-ring (bicyclic) bond motifs is 1. The van der Waals surface area contributed by atoms with Crippen LogP contribution < -0.4 is 5.32 Å². The van der Waals surface area contributed by atoms with E-state index in [1.807, 2.05) is 44.6 Å². The lowest BCUT2D eigenvalue weighted by molar-refractivity contribution is 0.0827. The van der Waals surface area contributed by atoms with Crippen molar-refractivity contribution < 1.29 is 9.18 Å². The number of carbonyl (C=O) groups excluding carboxylic acids is 1. The van der Waals surface area contributed by atoms with E-state index in [0.717, 1.165) is 52.1 Å². The van der Waals surface area contributed by atoms with Crippen molar-refractivity contribution in [1.82, 2.24) is 24.3 Å². The monoisotopic (exact) mass is 526 g/mol. The van der Waals surface area contributed by atoms with Gasteiger partial charge in [-0.2, -0.15) is 0 Å². The lowest BCUT2D eigenvalue weighted by Crippen LogP contribution is -2.32. The van der Waals surface area contributed by atoms with Gasteiger partial charge in [0.2, 0.25) is 0 Å². The fraction of sp³-hybridized carbons (Fsp3) is 0.323. The van der Waals surface area contributed by atoms with E-state index in [0.29, 0.717) is 17.7 Å². The van der Waals surface area contributed by atoms with Gasteiger partial charge in [0.1, 0.15) is 11.5 Å². The summed E-state index contributed by atoms with van der Waals surface area (Å²) in [6.45, 7) is 5.60. The Morgan fingerprint density at radius 1 is 1.15 bits per heavy atom. The van der Waals surface area contributed by atoms with Gasteiger partial charge in [-0.15, -0.1) is 0 Å². The van der Waals surface area contributed by atoms with Gasteiger partial charge in [-0.1, -0.05) is 6.08 Å². The Morgan fingerprint density at radius 3 is 2.56 bits per heavy atom. The third kappa shape index (κ3) is 4.92. The summed E-state index contributed by atoms with van der Waals surface area (Å²) in [6, 6.07) is 11.6. The largest absolute Gasteiger partial charge is 0.387 e. The number of nitrogens with zero attached hydrogens (tertiary/aromatic N) is 5. The SMILES string of the molecule is CNc1ccc(-c2ccnc3c2cc([C@H](C)N2CC=C(c4c(C)cc(C(=O)N(C)C)cc4F)CC2)n3C)nc1. The molecule has 39 heavy (non-hydrogen) atoms. The maximum atomic E-state index is 15.2. The number of anilines is 1. The summed E-state index contributed by atoms with van der Waals surface area (Å²) < 4.78 is 17.3. The van der Waals surface area contributed by atoms with E-state index in [-0.39, 0.29) is 17.8 Å². The van der Waals surface area contributed by atoms with Crippen molar-refractivity contribution in [2.45, 2.75) is 26.3 Å². The van der Waals surface area contributed by atoms with Crippen molar-refractivity contribution in [2.75, 3.05) is 39.5 Å². The number of carbonyl (C=O) groups is 1. The molecule has 0 aliphatic carbocycles. The quantitative estimate of drug-likeness (QED) is 0.350. The molecule has 4 aromatic rings. The topological polar surface area (TPSA) is 66.3 Å². The Bertz CT molecular complexity index is 1550. The normalized spacial score (nSPS) is 14.8. The zero-order valence-corrected chi connectivity index (χ0v) is 23.4. The Morgan fingerprint density at radius 2 is 1.95 bits per heavy atom. The molecule has 4 heterocycles. The zero-order valence-electron chi connectivity index (χ0n) is 23.4. The van der Waals surface area contributed by atoms with Gasteiger partial charge in [-0.05, 0) is 67.8 Å². The van der Waals surface area contributed by atoms with Gasteiger partial charge in [0.15, 0.2) is 0 Å². The molecule has 0 bridgehead atoms. The number of hydrogen-bond donors (Lipinski definition) is 1. The molecule has 1 N–H and O–H groups in total. The maximum absolute atomic E-state index is 15.2. The summed E-state index contributed by atoms with van der Waals surface area (Å²) >= 11 is 0. The van der Waals surface area contributed by atoms with Crippen LogP contribution in [0, 0.1) is 12.7 Å². The van der Waals surface area contributed by atoms with Gasteiger partial charge in [0, 0.05) is 81.3 Å². The van der Waals surface area contributed by atoms with Crippen LogP contribution in [0.5, 0.6) is 0 Å². The third-order valence-corrected chi connectivity index (χ3v) is 7.77. The summed E-state index contributed by atoms with van der Waals surface area (Å²) in [6.07, 6.45) is 6.53. The number of nitrogens with one attached hydrogen (secondary N) is 1. The average Bonchev–Trinajstić information content (AvgIpc) is 3.28. The fourth-order valence-electron chi connectivity index (χ4n) is 5.55. The van der Waals surface area contributed by atoms with Gasteiger partial charge in [-0.3, -0.25) is 14.7 Å². The van der Waals surface area contributed by atoms with Crippen LogP contribution in [0.2, 0.25) is 0 Å². The van der Waals surface area contributed by atoms with E-state index in [1.165, 1.54) is 16.7 Å². The average molecular weight is 527 g/mol. The maximum Gasteiger partial charge on any atom is 0.253 e. The molecular formula is C31H35FN6O. The van der Waals surface area contributed by atoms with Crippen LogP contribution in [-0.4, -0.2) is 64.5 Å². The van der Waals surface area contributed by atoms with Crippen molar-refractivity contribution in [2.24, 2.45) is 7.05 Å². The summed E-state index contributed by atoms with van der Waals surface area (Å²) in [5.74, 6) is -0.531. The summed E-state index contributed by atoms with van der Waals surface area (Å²) in [5, 5.41) is 4.19. The highest BCUT2D eigenvalue weighted by molar-refractivity contribution is 5.95. The zero-order chi connectivity index (χ0) is 27.8. The number of pyridine rings is 2. The predicted octanol–water partition coefficient (Wildman–Crippen LogP) is 5.68. The Balaban J connectivity index is 1.40. The molecule has 1 aliphatic heterocycles. The van der Waals surface area contributed by atoms with Crippen LogP contribution in [0.25, 0.3) is 27.9 Å². The van der Waals surface area contributed by atoms with Gasteiger partial charge >= 0.3 is 0 Å². The highest BCUT2D eigenvalue weighted by atomic mass is 19.1. The Labute approximate surface area is 229 Å². The van der Waals surface area contributed by atoms with Crippen LogP contribution >= 0.6 is 0 Å². The second-order valence-electron chi connectivity index (χ2n) is 10.4. The van der Waals surface area contributed by atoms with Crippen molar-refractivity contribution >= 4 is 28.2 Å². The lowest BCUT2D eigenvalue weighted by Gasteiger charge is -2.32. The molecule has 1 aliphatic rings. The minimum Gasteiger partial charge on any atom is -0.387 e. The molecule has 0 spiro atoms. The second-order valence-corrected chi connectivity index (χ2v) is 10.4. The standard InChI is InChI=1S/C31H35FN6O/c1-19-15-22(31(39)36(4)5)16-26(32)29(19)21-10-13-38(14-11-21)20(2)28-17-25-24(9-12-34-30(25)37(28)6)27-8-7-23(33-3)18-35-27/h7-10,12,15-18,20,33H,11,13-14H2,1-6H3/t20-/m0/s1.